The maximum atomic E-state index is 11.9. The summed E-state index contributed by atoms with van der Waals surface area (Å²) in [6.07, 6.45) is 1.59. The van der Waals surface area contributed by atoms with Crippen LogP contribution in [0.25, 0.3) is 6.08 Å². The lowest BCUT2D eigenvalue weighted by atomic mass is 10.2. The van der Waals surface area contributed by atoms with Gasteiger partial charge in [0.15, 0.2) is 5.70 Å². The first-order valence-electron chi connectivity index (χ1n) is 6.26. The normalized spacial score (nSPS) is 15.9. The van der Waals surface area contributed by atoms with Gasteiger partial charge in [-0.2, -0.15) is 0 Å². The number of nitrogens with zero attached hydrogens (tertiary/aromatic N) is 1. The highest BCUT2D eigenvalue weighted by Gasteiger charge is 2.24. The van der Waals surface area contributed by atoms with Gasteiger partial charge >= 0.3 is 5.97 Å². The molecule has 1 aliphatic heterocycles. The van der Waals surface area contributed by atoms with Crippen LogP contribution in [0.4, 0.5) is 0 Å². The number of hydrogen-bond acceptors (Lipinski definition) is 3. The van der Waals surface area contributed by atoms with Gasteiger partial charge < -0.3 is 4.74 Å². The van der Waals surface area contributed by atoms with Crippen LogP contribution in [-0.4, -0.2) is 11.9 Å². The van der Waals surface area contributed by atoms with Crippen molar-refractivity contribution in [3.05, 3.63) is 74.4 Å². The SMILES string of the molecule is O=C1OC(c2ccc(Cl)cc2)=N/C1=C/c1ccc(Cl)c(Cl)c1. The molecule has 110 valence electrons. The van der Waals surface area contributed by atoms with Crippen molar-refractivity contribution in [3.8, 4) is 0 Å². The van der Waals surface area contributed by atoms with Gasteiger partial charge in [-0.05, 0) is 48.0 Å². The van der Waals surface area contributed by atoms with Gasteiger partial charge in [0.25, 0.3) is 0 Å². The monoisotopic (exact) mass is 351 g/mol. The van der Waals surface area contributed by atoms with E-state index < -0.39 is 5.97 Å². The maximum absolute atomic E-state index is 11.9. The number of ether oxygens (including phenoxy) is 1. The van der Waals surface area contributed by atoms with E-state index in [1.165, 1.54) is 0 Å². The summed E-state index contributed by atoms with van der Waals surface area (Å²) in [5, 5.41) is 1.45. The van der Waals surface area contributed by atoms with E-state index in [2.05, 4.69) is 4.99 Å². The number of hydrogen-bond donors (Lipinski definition) is 0. The fourth-order valence-electron chi connectivity index (χ4n) is 1.89. The molecule has 1 heterocycles. The zero-order chi connectivity index (χ0) is 15.7. The summed E-state index contributed by atoms with van der Waals surface area (Å²) in [5.41, 5.74) is 1.58. The topological polar surface area (TPSA) is 38.7 Å². The second-order valence-electron chi connectivity index (χ2n) is 4.52. The molecule has 0 bridgehead atoms. The summed E-state index contributed by atoms with van der Waals surface area (Å²) < 4.78 is 5.17. The first-order chi connectivity index (χ1) is 10.5. The molecule has 0 unspecified atom stereocenters. The summed E-state index contributed by atoms with van der Waals surface area (Å²) in [7, 11) is 0. The predicted molar refractivity (Wildman–Crippen MR) is 88.5 cm³/mol. The highest BCUT2D eigenvalue weighted by molar-refractivity contribution is 6.42. The van der Waals surface area contributed by atoms with Crippen molar-refractivity contribution >= 4 is 52.7 Å². The van der Waals surface area contributed by atoms with E-state index in [-0.39, 0.29) is 11.6 Å². The molecule has 6 heteroatoms. The number of esters is 1. The van der Waals surface area contributed by atoms with Gasteiger partial charge in [0.05, 0.1) is 10.0 Å². The van der Waals surface area contributed by atoms with Crippen LogP contribution in [0.15, 0.2) is 53.2 Å². The Bertz CT molecular complexity index is 811. The summed E-state index contributed by atoms with van der Waals surface area (Å²) in [5.74, 6) is -0.274. The lowest BCUT2D eigenvalue weighted by molar-refractivity contribution is -0.129. The Morgan fingerprint density at radius 1 is 0.955 bits per heavy atom. The molecule has 0 saturated carbocycles. The minimum atomic E-state index is -0.518. The molecule has 0 aliphatic carbocycles. The third-order valence-electron chi connectivity index (χ3n) is 2.96. The zero-order valence-corrected chi connectivity index (χ0v) is 13.3. The second kappa shape index (κ2) is 6.13. The Kier molecular flexibility index (Phi) is 4.21. The lowest BCUT2D eigenvalue weighted by Crippen LogP contribution is -2.05. The van der Waals surface area contributed by atoms with Crippen molar-refractivity contribution in [1.29, 1.82) is 0 Å². The highest BCUT2D eigenvalue weighted by Crippen LogP contribution is 2.25. The van der Waals surface area contributed by atoms with E-state index in [1.54, 1.807) is 48.5 Å². The molecule has 3 nitrogen and oxygen atoms in total. The fourth-order valence-corrected chi connectivity index (χ4v) is 2.32. The smallest absolute Gasteiger partial charge is 0.363 e. The van der Waals surface area contributed by atoms with E-state index >= 15 is 0 Å². The summed E-state index contributed by atoms with van der Waals surface area (Å²) in [6, 6.07) is 11.9. The fraction of sp³-hybridized carbons (Fsp3) is 0. The molecule has 3 rings (SSSR count). The standard InChI is InChI=1S/C16H8Cl3NO2/c17-11-4-2-10(3-5-11)15-20-14(16(21)22-15)8-9-1-6-12(18)13(19)7-9/h1-8H/b14-8+. The number of rotatable bonds is 2. The maximum Gasteiger partial charge on any atom is 0.363 e. The van der Waals surface area contributed by atoms with Gasteiger partial charge in [-0.1, -0.05) is 40.9 Å². The Morgan fingerprint density at radius 3 is 2.36 bits per heavy atom. The number of halogens is 3. The molecule has 0 N–H and O–H groups in total. The molecular weight excluding hydrogens is 345 g/mol. The van der Waals surface area contributed by atoms with Crippen LogP contribution in [0, 0.1) is 0 Å². The van der Waals surface area contributed by atoms with Crippen LogP contribution in [0.2, 0.25) is 15.1 Å². The molecule has 2 aromatic rings. The average molecular weight is 353 g/mol. The number of carbonyl (C=O) groups is 1. The Labute approximate surface area is 141 Å². The molecule has 0 spiro atoms. The minimum Gasteiger partial charge on any atom is -0.402 e. The van der Waals surface area contributed by atoms with Crippen LogP contribution < -0.4 is 0 Å². The quantitative estimate of drug-likeness (QED) is 0.564. The molecule has 0 aromatic heterocycles. The Balaban J connectivity index is 1.93. The second-order valence-corrected chi connectivity index (χ2v) is 5.77. The van der Waals surface area contributed by atoms with Crippen molar-refractivity contribution < 1.29 is 9.53 Å². The van der Waals surface area contributed by atoms with Gasteiger partial charge in [-0.25, -0.2) is 9.79 Å². The summed E-state index contributed by atoms with van der Waals surface area (Å²) in [6.45, 7) is 0. The van der Waals surface area contributed by atoms with Crippen LogP contribution in [0.3, 0.4) is 0 Å². The molecule has 0 amide bonds. The first kappa shape index (κ1) is 15.1. The molecule has 0 saturated heterocycles. The molecule has 0 fully saturated rings. The largest absolute Gasteiger partial charge is 0.402 e. The van der Waals surface area contributed by atoms with Gasteiger partial charge in [0.2, 0.25) is 5.90 Å². The predicted octanol–water partition coefficient (Wildman–Crippen LogP) is 4.99. The average Bonchev–Trinajstić information content (AvgIpc) is 2.85. The third kappa shape index (κ3) is 3.17. The van der Waals surface area contributed by atoms with Crippen LogP contribution >= 0.6 is 34.8 Å². The third-order valence-corrected chi connectivity index (χ3v) is 3.95. The highest BCUT2D eigenvalue weighted by atomic mass is 35.5. The van der Waals surface area contributed by atoms with Gasteiger partial charge in [0, 0.05) is 10.6 Å². The first-order valence-corrected chi connectivity index (χ1v) is 7.40. The number of aliphatic imine (C=N–C) groups is 1. The summed E-state index contributed by atoms with van der Waals surface area (Å²) in [4.78, 5) is 16.1. The van der Waals surface area contributed by atoms with Crippen LogP contribution in [0.5, 0.6) is 0 Å². The summed E-state index contributed by atoms with van der Waals surface area (Å²) >= 11 is 17.6. The molecule has 22 heavy (non-hydrogen) atoms. The van der Waals surface area contributed by atoms with Crippen molar-refractivity contribution in [2.24, 2.45) is 4.99 Å². The number of carbonyl (C=O) groups excluding carboxylic acids is 1. The Hall–Kier alpha value is -1.81. The van der Waals surface area contributed by atoms with Crippen LogP contribution in [0.1, 0.15) is 11.1 Å². The molecule has 1 aliphatic rings. The van der Waals surface area contributed by atoms with E-state index in [9.17, 15) is 4.79 Å². The number of benzene rings is 2. The Morgan fingerprint density at radius 2 is 1.68 bits per heavy atom. The van der Waals surface area contributed by atoms with E-state index in [0.717, 1.165) is 0 Å². The number of cyclic esters (lactones) is 1. The van der Waals surface area contributed by atoms with Crippen molar-refractivity contribution in [1.82, 2.24) is 0 Å². The van der Waals surface area contributed by atoms with E-state index in [1.807, 2.05) is 0 Å². The minimum absolute atomic E-state index is 0.198. The van der Waals surface area contributed by atoms with Crippen LogP contribution in [-0.2, 0) is 9.53 Å². The zero-order valence-electron chi connectivity index (χ0n) is 11.0. The van der Waals surface area contributed by atoms with E-state index in [0.29, 0.717) is 26.2 Å². The van der Waals surface area contributed by atoms with Gasteiger partial charge in [-0.3, -0.25) is 0 Å². The molecule has 0 radical (unpaired) electrons. The van der Waals surface area contributed by atoms with Crippen molar-refractivity contribution in [3.63, 3.8) is 0 Å². The molecule has 0 atom stereocenters. The van der Waals surface area contributed by atoms with Gasteiger partial charge in [-0.15, -0.1) is 0 Å². The van der Waals surface area contributed by atoms with Gasteiger partial charge in [0.1, 0.15) is 0 Å². The van der Waals surface area contributed by atoms with Crippen molar-refractivity contribution in [2.45, 2.75) is 0 Å². The lowest BCUT2D eigenvalue weighted by Gasteiger charge is -1.98. The molecule has 2 aromatic carbocycles. The van der Waals surface area contributed by atoms with E-state index in [4.69, 9.17) is 39.5 Å². The molecular formula is C16H8Cl3NO2. The van der Waals surface area contributed by atoms with Crippen molar-refractivity contribution in [2.75, 3.05) is 0 Å².